The van der Waals surface area contributed by atoms with E-state index in [0.29, 0.717) is 12.6 Å². The van der Waals surface area contributed by atoms with Crippen molar-refractivity contribution in [2.45, 2.75) is 33.2 Å². The van der Waals surface area contributed by atoms with E-state index in [2.05, 4.69) is 31.0 Å². The Bertz CT molecular complexity index is 289. The summed E-state index contributed by atoms with van der Waals surface area (Å²) >= 11 is 0. The summed E-state index contributed by atoms with van der Waals surface area (Å²) in [4.78, 5) is 14.0. The van der Waals surface area contributed by atoms with Crippen molar-refractivity contribution in [2.24, 2.45) is 17.1 Å². The number of hydrogen-bond acceptors (Lipinski definition) is 5. The van der Waals surface area contributed by atoms with E-state index in [0.717, 1.165) is 32.6 Å². The summed E-state index contributed by atoms with van der Waals surface area (Å²) in [5.41, 5.74) is 5.87. The zero-order valence-electron chi connectivity index (χ0n) is 12.7. The first-order valence-electron chi connectivity index (χ1n) is 7.09. The fourth-order valence-electron chi connectivity index (χ4n) is 2.49. The third-order valence-electron chi connectivity index (χ3n) is 3.43. The zero-order valence-corrected chi connectivity index (χ0v) is 12.7. The molecule has 2 unspecified atom stereocenters. The number of methoxy groups -OCH3 is 1. The maximum Gasteiger partial charge on any atom is 0.310 e. The Hall–Kier alpha value is -0.650. The molecule has 1 heterocycles. The van der Waals surface area contributed by atoms with Crippen LogP contribution in [0.4, 0.5) is 0 Å². The van der Waals surface area contributed by atoms with Gasteiger partial charge in [-0.3, -0.25) is 9.69 Å². The van der Waals surface area contributed by atoms with Crippen LogP contribution in [0, 0.1) is 11.3 Å². The smallest absolute Gasteiger partial charge is 0.310 e. The average molecular weight is 271 g/mol. The number of carbonyl (C=O) groups is 1. The molecule has 0 aliphatic carbocycles. The van der Waals surface area contributed by atoms with Gasteiger partial charge in [0.15, 0.2) is 0 Å². The second kappa shape index (κ2) is 7.22. The first-order valence-corrected chi connectivity index (χ1v) is 7.09. The molecule has 0 spiro atoms. The lowest BCUT2D eigenvalue weighted by Crippen LogP contribution is -2.53. The van der Waals surface area contributed by atoms with E-state index in [4.69, 9.17) is 10.5 Å². The third kappa shape index (κ3) is 5.89. The summed E-state index contributed by atoms with van der Waals surface area (Å²) in [5.74, 6) is -0.146. The first kappa shape index (κ1) is 16.4. The van der Waals surface area contributed by atoms with Gasteiger partial charge in [0.05, 0.1) is 13.0 Å². The first-order chi connectivity index (χ1) is 8.85. The van der Waals surface area contributed by atoms with Gasteiger partial charge in [-0.15, -0.1) is 0 Å². The molecule has 112 valence electrons. The van der Waals surface area contributed by atoms with Crippen molar-refractivity contribution in [1.29, 1.82) is 0 Å². The molecular weight excluding hydrogens is 242 g/mol. The van der Waals surface area contributed by atoms with Gasteiger partial charge in [-0.05, 0) is 11.8 Å². The summed E-state index contributed by atoms with van der Waals surface area (Å²) in [6, 6.07) is 0.337. The van der Waals surface area contributed by atoms with Crippen molar-refractivity contribution in [1.82, 2.24) is 10.2 Å². The molecule has 19 heavy (non-hydrogen) atoms. The lowest BCUT2D eigenvalue weighted by molar-refractivity contribution is -0.147. The van der Waals surface area contributed by atoms with Crippen LogP contribution in [-0.2, 0) is 9.53 Å². The maximum atomic E-state index is 11.8. The van der Waals surface area contributed by atoms with Gasteiger partial charge in [0.1, 0.15) is 0 Å². The number of nitrogens with one attached hydrogen (secondary N) is 1. The highest BCUT2D eigenvalue weighted by Crippen LogP contribution is 2.19. The molecular formula is C14H29N3O2. The number of nitrogens with two attached hydrogens (primary N) is 1. The molecule has 0 bridgehead atoms. The number of hydrogen-bond donors (Lipinski definition) is 2. The van der Waals surface area contributed by atoms with E-state index >= 15 is 0 Å². The van der Waals surface area contributed by atoms with Crippen LogP contribution in [0.15, 0.2) is 0 Å². The predicted molar refractivity (Wildman–Crippen MR) is 76.9 cm³/mol. The molecule has 0 radical (unpaired) electrons. The van der Waals surface area contributed by atoms with Crippen molar-refractivity contribution in [3.8, 4) is 0 Å². The molecule has 0 aromatic rings. The van der Waals surface area contributed by atoms with Gasteiger partial charge in [-0.25, -0.2) is 0 Å². The Balaban J connectivity index is 2.57. The fourth-order valence-corrected chi connectivity index (χ4v) is 2.49. The average Bonchev–Trinajstić information content (AvgIpc) is 2.35. The zero-order chi connectivity index (χ0) is 14.5. The molecule has 0 aromatic heterocycles. The minimum Gasteiger partial charge on any atom is -0.469 e. The van der Waals surface area contributed by atoms with Crippen molar-refractivity contribution in [2.75, 3.05) is 39.8 Å². The van der Waals surface area contributed by atoms with Gasteiger partial charge in [0, 0.05) is 38.8 Å². The van der Waals surface area contributed by atoms with Gasteiger partial charge in [-0.2, -0.15) is 0 Å². The third-order valence-corrected chi connectivity index (χ3v) is 3.43. The number of rotatable bonds is 5. The number of likely N-dealkylation sites (tertiary alicyclic amines) is 1. The second-order valence-corrected chi connectivity index (χ2v) is 6.64. The Morgan fingerprint density at radius 2 is 2.11 bits per heavy atom. The molecule has 3 N–H and O–H groups in total. The van der Waals surface area contributed by atoms with E-state index < -0.39 is 0 Å². The van der Waals surface area contributed by atoms with Crippen LogP contribution < -0.4 is 11.1 Å². The quantitative estimate of drug-likeness (QED) is 0.710. The van der Waals surface area contributed by atoms with Crippen molar-refractivity contribution in [3.63, 3.8) is 0 Å². The van der Waals surface area contributed by atoms with E-state index in [1.807, 2.05) is 0 Å². The van der Waals surface area contributed by atoms with Crippen LogP contribution in [-0.4, -0.2) is 56.7 Å². The van der Waals surface area contributed by atoms with Crippen LogP contribution in [0.5, 0.6) is 0 Å². The molecule has 5 heteroatoms. The van der Waals surface area contributed by atoms with E-state index in [9.17, 15) is 4.79 Å². The Kier molecular flexibility index (Phi) is 6.23. The highest BCUT2D eigenvalue weighted by molar-refractivity contribution is 5.72. The van der Waals surface area contributed by atoms with Crippen LogP contribution >= 0.6 is 0 Å². The normalized spacial score (nSPS) is 25.3. The van der Waals surface area contributed by atoms with E-state index in [-0.39, 0.29) is 17.3 Å². The SMILES string of the molecule is COC(=O)C1CC(NCC(C)(C)C)CN(CCN)C1. The molecule has 5 nitrogen and oxygen atoms in total. The van der Waals surface area contributed by atoms with Crippen LogP contribution in [0.25, 0.3) is 0 Å². The van der Waals surface area contributed by atoms with Crippen LogP contribution in [0.3, 0.4) is 0 Å². The largest absolute Gasteiger partial charge is 0.469 e. The highest BCUT2D eigenvalue weighted by atomic mass is 16.5. The minimum absolute atomic E-state index is 0.0391. The molecule has 0 saturated carbocycles. The summed E-state index contributed by atoms with van der Waals surface area (Å²) < 4.78 is 4.89. The van der Waals surface area contributed by atoms with Gasteiger partial charge in [0.25, 0.3) is 0 Å². The van der Waals surface area contributed by atoms with Crippen LogP contribution in [0.1, 0.15) is 27.2 Å². The molecule has 1 rings (SSSR count). The van der Waals surface area contributed by atoms with Gasteiger partial charge in [-0.1, -0.05) is 20.8 Å². The standard InChI is InChI=1S/C14H29N3O2/c1-14(2,3)10-16-12-7-11(13(18)19-4)8-17(9-12)6-5-15/h11-12,16H,5-10,15H2,1-4H3. The Morgan fingerprint density at radius 3 is 2.63 bits per heavy atom. The van der Waals surface area contributed by atoms with Gasteiger partial charge in [0.2, 0.25) is 0 Å². The molecule has 0 amide bonds. The lowest BCUT2D eigenvalue weighted by Gasteiger charge is -2.38. The van der Waals surface area contributed by atoms with Crippen LogP contribution in [0.2, 0.25) is 0 Å². The number of carbonyl (C=O) groups excluding carboxylic acids is 1. The maximum absolute atomic E-state index is 11.8. The topological polar surface area (TPSA) is 67.6 Å². The molecule has 1 aliphatic heterocycles. The number of ether oxygens (including phenoxy) is 1. The van der Waals surface area contributed by atoms with E-state index in [1.165, 1.54) is 7.11 Å². The summed E-state index contributed by atoms with van der Waals surface area (Å²) in [7, 11) is 1.46. The molecule has 1 saturated heterocycles. The Labute approximate surface area is 116 Å². The Morgan fingerprint density at radius 1 is 1.42 bits per heavy atom. The molecule has 1 fully saturated rings. The highest BCUT2D eigenvalue weighted by Gasteiger charge is 2.32. The number of nitrogens with zero attached hydrogens (tertiary/aromatic N) is 1. The van der Waals surface area contributed by atoms with Gasteiger partial charge >= 0.3 is 5.97 Å². The lowest BCUT2D eigenvalue weighted by atomic mass is 9.92. The minimum atomic E-state index is -0.107. The molecule has 0 aromatic carbocycles. The molecule has 2 atom stereocenters. The summed E-state index contributed by atoms with van der Waals surface area (Å²) in [6.07, 6.45) is 0.851. The number of piperidine rings is 1. The summed E-state index contributed by atoms with van der Waals surface area (Å²) in [6.45, 7) is 10.7. The van der Waals surface area contributed by atoms with E-state index in [1.54, 1.807) is 0 Å². The second-order valence-electron chi connectivity index (χ2n) is 6.64. The monoisotopic (exact) mass is 271 g/mol. The molecule has 1 aliphatic rings. The number of esters is 1. The van der Waals surface area contributed by atoms with Crippen molar-refractivity contribution < 1.29 is 9.53 Å². The van der Waals surface area contributed by atoms with Crippen molar-refractivity contribution in [3.05, 3.63) is 0 Å². The van der Waals surface area contributed by atoms with Gasteiger partial charge < -0.3 is 15.8 Å². The van der Waals surface area contributed by atoms with Crippen molar-refractivity contribution >= 4 is 5.97 Å². The fraction of sp³-hybridized carbons (Fsp3) is 0.929. The summed E-state index contributed by atoms with van der Waals surface area (Å²) in [5, 5.41) is 3.57. The predicted octanol–water partition coefficient (Wildman–Crippen LogP) is 0.444.